The molecular formula is C22H16FN3O. The molecule has 2 heterocycles. The molecule has 0 spiro atoms. The number of hydrogen-bond acceptors (Lipinski definition) is 2. The molecule has 2 aromatic heterocycles. The van der Waals surface area contributed by atoms with Gasteiger partial charge in [-0.2, -0.15) is 0 Å². The molecule has 27 heavy (non-hydrogen) atoms. The molecule has 0 bridgehead atoms. The largest absolute Gasteiger partial charge is 0.323 e. The number of pyridine rings is 1. The number of nitrogens with zero attached hydrogens (tertiary/aromatic N) is 1. The average molecular weight is 357 g/mol. The summed E-state index contributed by atoms with van der Waals surface area (Å²) < 4.78 is 13.8. The Balaban J connectivity index is 1.75. The number of nitrogens with one attached hydrogen (secondary N) is 2. The molecule has 0 saturated heterocycles. The fraction of sp³-hybridized carbons (Fsp3) is 0.0909. The highest BCUT2D eigenvalue weighted by Crippen LogP contribution is 2.34. The van der Waals surface area contributed by atoms with E-state index in [1.165, 1.54) is 6.07 Å². The Morgan fingerprint density at radius 1 is 0.963 bits per heavy atom. The van der Waals surface area contributed by atoms with Crippen LogP contribution < -0.4 is 5.69 Å². The van der Waals surface area contributed by atoms with Crippen LogP contribution in [-0.2, 0) is 12.8 Å². The van der Waals surface area contributed by atoms with E-state index in [-0.39, 0.29) is 11.5 Å². The number of aryl methyl sites for hydroxylation is 2. The SMILES string of the molecule is O=c1[nH]c2ccc(/C=C3/c4ccc(F)cc4CCc4ncccc43)cc2[nH]1. The van der Waals surface area contributed by atoms with Crippen LogP contribution in [0.3, 0.4) is 0 Å². The number of fused-ring (bicyclic) bond motifs is 3. The molecule has 5 rings (SSSR count). The second-order valence-electron chi connectivity index (χ2n) is 6.74. The van der Waals surface area contributed by atoms with Crippen LogP contribution in [-0.4, -0.2) is 15.0 Å². The number of aromatic nitrogens is 3. The molecule has 4 aromatic rings. The Bertz CT molecular complexity index is 1270. The minimum Gasteiger partial charge on any atom is -0.306 e. The van der Waals surface area contributed by atoms with E-state index in [9.17, 15) is 9.18 Å². The van der Waals surface area contributed by atoms with Crippen molar-refractivity contribution in [1.82, 2.24) is 15.0 Å². The number of hydrogen-bond donors (Lipinski definition) is 2. The van der Waals surface area contributed by atoms with Crippen LogP contribution in [0.25, 0.3) is 22.7 Å². The summed E-state index contributed by atoms with van der Waals surface area (Å²) in [4.78, 5) is 21.6. The summed E-state index contributed by atoms with van der Waals surface area (Å²) in [6.45, 7) is 0. The predicted octanol–water partition coefficient (Wildman–Crippen LogP) is 4.08. The molecule has 0 fully saturated rings. The summed E-state index contributed by atoms with van der Waals surface area (Å²) in [6.07, 6.45) is 5.39. The van der Waals surface area contributed by atoms with Crippen LogP contribution in [0.1, 0.15) is 27.9 Å². The average Bonchev–Trinajstić information content (AvgIpc) is 2.97. The van der Waals surface area contributed by atoms with Crippen LogP contribution in [0.4, 0.5) is 4.39 Å². The van der Waals surface area contributed by atoms with Crippen molar-refractivity contribution in [1.29, 1.82) is 0 Å². The van der Waals surface area contributed by atoms with Gasteiger partial charge >= 0.3 is 5.69 Å². The monoisotopic (exact) mass is 357 g/mol. The third kappa shape index (κ3) is 2.77. The molecule has 0 radical (unpaired) electrons. The van der Waals surface area contributed by atoms with E-state index in [0.717, 1.165) is 57.4 Å². The lowest BCUT2D eigenvalue weighted by Gasteiger charge is -2.12. The first-order valence-corrected chi connectivity index (χ1v) is 8.84. The highest BCUT2D eigenvalue weighted by atomic mass is 19.1. The van der Waals surface area contributed by atoms with Crippen molar-refractivity contribution >= 4 is 22.7 Å². The second kappa shape index (κ2) is 6.06. The maximum atomic E-state index is 13.8. The van der Waals surface area contributed by atoms with Gasteiger partial charge in [0, 0.05) is 17.5 Å². The van der Waals surface area contributed by atoms with Crippen molar-refractivity contribution in [3.05, 3.63) is 99.0 Å². The van der Waals surface area contributed by atoms with Gasteiger partial charge in [0.25, 0.3) is 0 Å². The van der Waals surface area contributed by atoms with E-state index in [2.05, 4.69) is 27.1 Å². The number of rotatable bonds is 1. The van der Waals surface area contributed by atoms with Gasteiger partial charge in [-0.15, -0.1) is 0 Å². The Morgan fingerprint density at radius 2 is 1.85 bits per heavy atom. The Kier molecular flexibility index (Phi) is 3.53. The maximum Gasteiger partial charge on any atom is 0.323 e. The standard InChI is InChI=1S/C22H16FN3O/c23-15-5-6-16-14(12-15)4-8-19-17(2-1-9-24-19)18(16)10-13-3-7-20-21(11-13)26-22(27)25-20/h1-3,5-7,9-12H,4,8H2,(H2,25,26,27)/b18-10-. The molecule has 1 aliphatic rings. The summed E-state index contributed by atoms with van der Waals surface area (Å²) in [5.74, 6) is -0.224. The van der Waals surface area contributed by atoms with Gasteiger partial charge in [0.05, 0.1) is 11.0 Å². The van der Waals surface area contributed by atoms with E-state index < -0.39 is 0 Å². The van der Waals surface area contributed by atoms with Gasteiger partial charge in [0.2, 0.25) is 0 Å². The Hall–Kier alpha value is -3.47. The number of H-pyrrole nitrogens is 2. The van der Waals surface area contributed by atoms with E-state index in [4.69, 9.17) is 0 Å². The third-order valence-electron chi connectivity index (χ3n) is 5.02. The van der Waals surface area contributed by atoms with Crippen molar-refractivity contribution in [2.24, 2.45) is 0 Å². The van der Waals surface area contributed by atoms with E-state index in [0.29, 0.717) is 0 Å². The molecule has 1 aliphatic carbocycles. The fourth-order valence-electron chi connectivity index (χ4n) is 3.77. The topological polar surface area (TPSA) is 61.5 Å². The third-order valence-corrected chi connectivity index (χ3v) is 5.02. The molecule has 0 atom stereocenters. The molecule has 2 N–H and O–H groups in total. The minimum absolute atomic E-state index is 0.223. The van der Waals surface area contributed by atoms with Crippen LogP contribution in [0, 0.1) is 5.82 Å². The molecule has 132 valence electrons. The number of benzene rings is 2. The van der Waals surface area contributed by atoms with Gasteiger partial charge in [-0.3, -0.25) is 4.98 Å². The first-order valence-electron chi connectivity index (χ1n) is 8.84. The smallest absolute Gasteiger partial charge is 0.306 e. The predicted molar refractivity (Wildman–Crippen MR) is 104 cm³/mol. The van der Waals surface area contributed by atoms with Crippen LogP contribution in [0.2, 0.25) is 0 Å². The lowest BCUT2D eigenvalue weighted by atomic mass is 9.93. The summed E-state index contributed by atoms with van der Waals surface area (Å²) in [7, 11) is 0. The van der Waals surface area contributed by atoms with Crippen LogP contribution >= 0.6 is 0 Å². The van der Waals surface area contributed by atoms with Crippen molar-refractivity contribution in [3.63, 3.8) is 0 Å². The first-order chi connectivity index (χ1) is 13.2. The van der Waals surface area contributed by atoms with Crippen molar-refractivity contribution < 1.29 is 4.39 Å². The molecule has 0 unspecified atom stereocenters. The summed E-state index contributed by atoms with van der Waals surface area (Å²) >= 11 is 0. The maximum absolute atomic E-state index is 13.8. The van der Waals surface area contributed by atoms with E-state index in [1.807, 2.05) is 30.3 Å². The fourth-order valence-corrected chi connectivity index (χ4v) is 3.77. The van der Waals surface area contributed by atoms with E-state index in [1.54, 1.807) is 12.3 Å². The zero-order chi connectivity index (χ0) is 18.4. The molecule has 0 aliphatic heterocycles. The Labute approximate surface area is 154 Å². The number of aromatic amines is 2. The lowest BCUT2D eigenvalue weighted by Crippen LogP contribution is -1.99. The summed E-state index contributed by atoms with van der Waals surface area (Å²) in [5.41, 5.74) is 7.35. The molecule has 0 amide bonds. The molecule has 4 nitrogen and oxygen atoms in total. The van der Waals surface area contributed by atoms with Crippen molar-refractivity contribution in [2.75, 3.05) is 0 Å². The highest BCUT2D eigenvalue weighted by molar-refractivity contribution is 5.94. The molecule has 5 heteroatoms. The zero-order valence-electron chi connectivity index (χ0n) is 14.4. The molecule has 0 saturated carbocycles. The number of halogens is 1. The van der Waals surface area contributed by atoms with Gasteiger partial charge in [-0.1, -0.05) is 18.2 Å². The van der Waals surface area contributed by atoms with Gasteiger partial charge in [-0.05, 0) is 71.5 Å². The van der Waals surface area contributed by atoms with Gasteiger partial charge in [0.1, 0.15) is 5.82 Å². The van der Waals surface area contributed by atoms with Gasteiger partial charge in [-0.25, -0.2) is 9.18 Å². The normalized spacial score (nSPS) is 14.8. The zero-order valence-corrected chi connectivity index (χ0v) is 14.4. The Morgan fingerprint density at radius 3 is 2.78 bits per heavy atom. The van der Waals surface area contributed by atoms with Crippen molar-refractivity contribution in [3.8, 4) is 0 Å². The van der Waals surface area contributed by atoms with Crippen molar-refractivity contribution in [2.45, 2.75) is 12.8 Å². The number of imidazole rings is 1. The molecule has 2 aromatic carbocycles. The summed E-state index contributed by atoms with van der Waals surface area (Å²) in [6, 6.07) is 14.7. The molecular weight excluding hydrogens is 341 g/mol. The minimum atomic E-state index is -0.224. The highest BCUT2D eigenvalue weighted by Gasteiger charge is 2.19. The second-order valence-corrected chi connectivity index (χ2v) is 6.74. The van der Waals surface area contributed by atoms with Crippen LogP contribution in [0.5, 0.6) is 0 Å². The van der Waals surface area contributed by atoms with Crippen LogP contribution in [0.15, 0.2) is 59.5 Å². The summed E-state index contributed by atoms with van der Waals surface area (Å²) in [5, 5.41) is 0. The van der Waals surface area contributed by atoms with E-state index >= 15 is 0 Å². The first kappa shape index (κ1) is 15.8. The van der Waals surface area contributed by atoms with Gasteiger partial charge in [0.15, 0.2) is 0 Å². The van der Waals surface area contributed by atoms with Gasteiger partial charge < -0.3 is 9.97 Å². The quantitative estimate of drug-likeness (QED) is 0.539. The lowest BCUT2D eigenvalue weighted by molar-refractivity contribution is 0.625.